The first kappa shape index (κ1) is 15.8. The molecule has 2 aliphatic rings. The molecule has 3 rings (SSSR count). The van der Waals surface area contributed by atoms with E-state index in [4.69, 9.17) is 0 Å². The van der Waals surface area contributed by atoms with Crippen LogP contribution in [0.4, 0.5) is 13.2 Å². The quantitative estimate of drug-likeness (QED) is 0.904. The van der Waals surface area contributed by atoms with Gasteiger partial charge in [0, 0.05) is 25.6 Å². The van der Waals surface area contributed by atoms with E-state index >= 15 is 0 Å². The van der Waals surface area contributed by atoms with Crippen molar-refractivity contribution in [1.29, 1.82) is 0 Å². The van der Waals surface area contributed by atoms with Gasteiger partial charge in [-0.1, -0.05) is 30.3 Å². The van der Waals surface area contributed by atoms with E-state index in [0.717, 1.165) is 5.56 Å². The van der Waals surface area contributed by atoms with Gasteiger partial charge in [-0.2, -0.15) is 13.2 Å². The lowest BCUT2D eigenvalue weighted by Gasteiger charge is -2.28. The number of benzene rings is 1. The Morgan fingerprint density at radius 3 is 2.65 bits per heavy atom. The van der Waals surface area contributed by atoms with Gasteiger partial charge in [-0.15, -0.1) is 0 Å². The summed E-state index contributed by atoms with van der Waals surface area (Å²) < 4.78 is 37.3. The summed E-state index contributed by atoms with van der Waals surface area (Å²) in [6, 6.07) is 9.43. The van der Waals surface area contributed by atoms with Crippen molar-refractivity contribution in [3.63, 3.8) is 0 Å². The molecule has 0 aliphatic carbocycles. The SMILES string of the molecule is O=C(CC(F)(F)F)N1CC[C@]2(C1)C(=O)NC[C@@H]2c1ccccc1. The van der Waals surface area contributed by atoms with Gasteiger partial charge in [0.05, 0.1) is 5.41 Å². The van der Waals surface area contributed by atoms with Crippen LogP contribution >= 0.6 is 0 Å². The average molecular weight is 326 g/mol. The monoisotopic (exact) mass is 326 g/mol. The fourth-order valence-electron chi connectivity index (χ4n) is 3.65. The maximum atomic E-state index is 12.4. The lowest BCUT2D eigenvalue weighted by Crippen LogP contribution is -2.40. The normalized spacial score (nSPS) is 27.5. The van der Waals surface area contributed by atoms with Crippen LogP contribution in [0.15, 0.2) is 30.3 Å². The number of nitrogens with zero attached hydrogens (tertiary/aromatic N) is 1. The summed E-state index contributed by atoms with van der Waals surface area (Å²) in [6.45, 7) is 0.684. The van der Waals surface area contributed by atoms with E-state index in [-0.39, 0.29) is 24.9 Å². The second-order valence-corrected chi connectivity index (χ2v) is 6.19. The molecule has 1 aromatic carbocycles. The molecule has 1 spiro atoms. The van der Waals surface area contributed by atoms with Gasteiger partial charge in [0.15, 0.2) is 0 Å². The third-order valence-electron chi connectivity index (χ3n) is 4.79. The largest absolute Gasteiger partial charge is 0.397 e. The second-order valence-electron chi connectivity index (χ2n) is 6.19. The first-order valence-corrected chi connectivity index (χ1v) is 7.50. The van der Waals surface area contributed by atoms with Crippen molar-refractivity contribution in [2.75, 3.05) is 19.6 Å². The van der Waals surface area contributed by atoms with Crippen molar-refractivity contribution in [3.05, 3.63) is 35.9 Å². The Balaban J connectivity index is 1.81. The Labute approximate surface area is 131 Å². The van der Waals surface area contributed by atoms with Crippen LogP contribution in [-0.4, -0.2) is 42.5 Å². The molecular formula is C16H17F3N2O2. The van der Waals surface area contributed by atoms with Gasteiger partial charge >= 0.3 is 6.18 Å². The number of rotatable bonds is 2. The molecule has 0 unspecified atom stereocenters. The zero-order valence-corrected chi connectivity index (χ0v) is 12.4. The molecule has 2 saturated heterocycles. The Bertz CT molecular complexity index is 618. The smallest absolute Gasteiger partial charge is 0.355 e. The summed E-state index contributed by atoms with van der Waals surface area (Å²) in [6.07, 6.45) is -5.60. The van der Waals surface area contributed by atoms with Gasteiger partial charge < -0.3 is 10.2 Å². The minimum Gasteiger partial charge on any atom is -0.355 e. The van der Waals surface area contributed by atoms with Crippen LogP contribution in [0.2, 0.25) is 0 Å². The second kappa shape index (κ2) is 5.54. The summed E-state index contributed by atoms with van der Waals surface area (Å²) in [4.78, 5) is 25.4. The highest BCUT2D eigenvalue weighted by molar-refractivity contribution is 5.88. The number of hydrogen-bond acceptors (Lipinski definition) is 2. The number of halogens is 3. The summed E-state index contributed by atoms with van der Waals surface area (Å²) >= 11 is 0. The molecule has 2 heterocycles. The minimum absolute atomic E-state index is 0.0489. The van der Waals surface area contributed by atoms with Gasteiger partial charge in [0.25, 0.3) is 0 Å². The first-order valence-electron chi connectivity index (χ1n) is 7.50. The van der Waals surface area contributed by atoms with Crippen molar-refractivity contribution in [2.45, 2.75) is 24.9 Å². The van der Waals surface area contributed by atoms with E-state index in [1.54, 1.807) is 0 Å². The molecule has 2 aliphatic heterocycles. The lowest BCUT2D eigenvalue weighted by molar-refractivity contribution is -0.160. The number of amides is 2. The van der Waals surface area contributed by atoms with Crippen molar-refractivity contribution in [2.24, 2.45) is 5.41 Å². The molecule has 2 amide bonds. The zero-order valence-electron chi connectivity index (χ0n) is 12.4. The molecule has 124 valence electrons. The van der Waals surface area contributed by atoms with E-state index in [1.165, 1.54) is 4.90 Å². The van der Waals surface area contributed by atoms with Crippen LogP contribution in [-0.2, 0) is 9.59 Å². The van der Waals surface area contributed by atoms with Gasteiger partial charge in [-0.3, -0.25) is 9.59 Å². The molecule has 1 N–H and O–H groups in total. The average Bonchev–Trinajstić information content (AvgIpc) is 3.05. The Kier molecular flexibility index (Phi) is 3.82. The molecule has 1 aromatic rings. The van der Waals surface area contributed by atoms with Crippen molar-refractivity contribution in [1.82, 2.24) is 10.2 Å². The predicted molar refractivity (Wildman–Crippen MR) is 76.5 cm³/mol. The third-order valence-corrected chi connectivity index (χ3v) is 4.79. The molecule has 0 radical (unpaired) electrons. The zero-order chi connectivity index (χ0) is 16.7. The highest BCUT2D eigenvalue weighted by Crippen LogP contribution is 2.47. The number of nitrogens with one attached hydrogen (secondary N) is 1. The number of hydrogen-bond donors (Lipinski definition) is 1. The fourth-order valence-corrected chi connectivity index (χ4v) is 3.65. The predicted octanol–water partition coefficient (Wildman–Crippen LogP) is 2.07. The van der Waals surface area contributed by atoms with Crippen molar-refractivity contribution < 1.29 is 22.8 Å². The van der Waals surface area contributed by atoms with Gasteiger partial charge in [0.1, 0.15) is 6.42 Å². The molecule has 4 nitrogen and oxygen atoms in total. The Hall–Kier alpha value is -2.05. The third kappa shape index (κ3) is 2.92. The van der Waals surface area contributed by atoms with E-state index in [0.29, 0.717) is 13.0 Å². The number of alkyl halides is 3. The topological polar surface area (TPSA) is 49.4 Å². The molecule has 2 atom stereocenters. The molecule has 0 aromatic heterocycles. The molecule has 2 fully saturated rings. The van der Waals surface area contributed by atoms with Crippen LogP contribution < -0.4 is 5.32 Å². The van der Waals surface area contributed by atoms with Gasteiger partial charge in [-0.25, -0.2) is 0 Å². The maximum Gasteiger partial charge on any atom is 0.397 e. The molecule has 0 saturated carbocycles. The Morgan fingerprint density at radius 1 is 1.30 bits per heavy atom. The van der Waals surface area contributed by atoms with Crippen LogP contribution in [0, 0.1) is 5.41 Å². The summed E-state index contributed by atoms with van der Waals surface area (Å²) in [5.74, 6) is -1.26. The standard InChI is InChI=1S/C16H17F3N2O2/c17-16(18,19)8-13(22)21-7-6-15(10-21)12(9-20-14(15)23)11-4-2-1-3-5-11/h1-5,12H,6-10H2,(H,20,23)/t12-,15-/m1/s1. The molecule has 0 bridgehead atoms. The number of carbonyl (C=O) groups excluding carboxylic acids is 2. The number of carbonyl (C=O) groups is 2. The minimum atomic E-state index is -4.52. The fraction of sp³-hybridized carbons (Fsp3) is 0.500. The highest BCUT2D eigenvalue weighted by Gasteiger charge is 2.55. The molecule has 23 heavy (non-hydrogen) atoms. The van der Waals surface area contributed by atoms with E-state index in [1.807, 2.05) is 30.3 Å². The lowest BCUT2D eigenvalue weighted by atomic mass is 9.73. The molecular weight excluding hydrogens is 309 g/mol. The van der Waals surface area contributed by atoms with Gasteiger partial charge in [0.2, 0.25) is 11.8 Å². The highest BCUT2D eigenvalue weighted by atomic mass is 19.4. The van der Waals surface area contributed by atoms with E-state index < -0.39 is 23.9 Å². The number of likely N-dealkylation sites (tertiary alicyclic amines) is 1. The maximum absolute atomic E-state index is 12.4. The van der Waals surface area contributed by atoms with Crippen LogP contribution in [0.3, 0.4) is 0 Å². The van der Waals surface area contributed by atoms with Crippen molar-refractivity contribution >= 4 is 11.8 Å². The summed E-state index contributed by atoms with van der Waals surface area (Å²) in [7, 11) is 0. The molecule has 7 heteroatoms. The Morgan fingerprint density at radius 2 is 2.00 bits per heavy atom. The van der Waals surface area contributed by atoms with Crippen LogP contribution in [0.5, 0.6) is 0 Å². The van der Waals surface area contributed by atoms with E-state index in [9.17, 15) is 22.8 Å². The van der Waals surface area contributed by atoms with Crippen LogP contribution in [0.1, 0.15) is 24.3 Å². The van der Waals surface area contributed by atoms with Crippen molar-refractivity contribution in [3.8, 4) is 0 Å². The summed E-state index contributed by atoms with van der Waals surface area (Å²) in [5, 5.41) is 2.81. The van der Waals surface area contributed by atoms with Crippen LogP contribution in [0.25, 0.3) is 0 Å². The first-order chi connectivity index (χ1) is 10.8. The summed E-state index contributed by atoms with van der Waals surface area (Å²) in [5.41, 5.74) is 0.152. The van der Waals surface area contributed by atoms with Gasteiger partial charge in [-0.05, 0) is 12.0 Å². The van der Waals surface area contributed by atoms with E-state index in [2.05, 4.69) is 5.32 Å².